The van der Waals surface area contributed by atoms with Gasteiger partial charge in [-0.15, -0.1) is 0 Å². The van der Waals surface area contributed by atoms with Crippen molar-refractivity contribution in [2.24, 2.45) is 0 Å². The molecule has 0 bridgehead atoms. The molecule has 3 rings (SSSR count). The van der Waals surface area contributed by atoms with E-state index < -0.39 is 0 Å². The van der Waals surface area contributed by atoms with Crippen LogP contribution in [0.15, 0.2) is 54.7 Å². The lowest BCUT2D eigenvalue weighted by Crippen LogP contribution is -2.15. The van der Waals surface area contributed by atoms with Gasteiger partial charge in [0.05, 0.1) is 11.7 Å². The number of H-pyrrole nitrogens is 1. The van der Waals surface area contributed by atoms with Crippen LogP contribution in [0.5, 0.6) is 0 Å². The Morgan fingerprint density at radius 3 is 2.85 bits per heavy atom. The first-order chi connectivity index (χ1) is 9.81. The predicted molar refractivity (Wildman–Crippen MR) is 83.9 cm³/mol. The third-order valence-electron chi connectivity index (χ3n) is 3.56. The van der Waals surface area contributed by atoms with Crippen LogP contribution < -0.4 is 5.32 Å². The van der Waals surface area contributed by atoms with E-state index in [1.807, 2.05) is 6.20 Å². The molecule has 2 aromatic carbocycles. The maximum Gasteiger partial charge on any atom is 0.0670 e. The van der Waals surface area contributed by atoms with E-state index in [1.54, 1.807) is 0 Å². The highest BCUT2D eigenvalue weighted by atomic mass is 15.1. The molecule has 1 unspecified atom stereocenters. The molecule has 3 heteroatoms. The summed E-state index contributed by atoms with van der Waals surface area (Å²) < 4.78 is 0. The van der Waals surface area contributed by atoms with Crippen molar-refractivity contribution in [3.8, 4) is 0 Å². The van der Waals surface area contributed by atoms with Gasteiger partial charge in [0.2, 0.25) is 0 Å². The second-order valence-electron chi connectivity index (χ2n) is 5.24. The average molecular weight is 265 g/mol. The Bertz CT molecular complexity index is 673. The minimum atomic E-state index is 0.440. The van der Waals surface area contributed by atoms with Crippen LogP contribution in [0.25, 0.3) is 10.9 Å². The van der Waals surface area contributed by atoms with Crippen LogP contribution in [0.2, 0.25) is 0 Å². The molecule has 0 saturated carbocycles. The Labute approximate surface area is 119 Å². The Kier molecular flexibility index (Phi) is 3.68. The van der Waals surface area contributed by atoms with Crippen LogP contribution in [0, 0.1) is 0 Å². The van der Waals surface area contributed by atoms with Gasteiger partial charge < -0.3 is 5.32 Å². The molecule has 2 N–H and O–H groups in total. The Morgan fingerprint density at radius 1 is 1.15 bits per heavy atom. The normalized spacial score (nSPS) is 12.4. The topological polar surface area (TPSA) is 40.7 Å². The van der Waals surface area contributed by atoms with E-state index in [1.165, 1.54) is 5.56 Å². The maximum atomic E-state index is 4.04. The standard InChI is InChI=1S/C17H19N3/c1-13(7-8-14-5-3-2-4-6-14)19-16-10-9-15-12-18-20-17(15)11-16/h2-6,9-13,19H,7-8H2,1H3,(H,18,20). The summed E-state index contributed by atoms with van der Waals surface area (Å²) in [4.78, 5) is 0. The van der Waals surface area contributed by atoms with Gasteiger partial charge in [0.25, 0.3) is 0 Å². The summed E-state index contributed by atoms with van der Waals surface area (Å²) in [6.45, 7) is 2.22. The number of anilines is 1. The number of aromatic nitrogens is 2. The molecule has 0 amide bonds. The van der Waals surface area contributed by atoms with Crippen molar-refractivity contribution in [3.63, 3.8) is 0 Å². The number of rotatable bonds is 5. The summed E-state index contributed by atoms with van der Waals surface area (Å²) in [7, 11) is 0. The summed E-state index contributed by atoms with van der Waals surface area (Å²) in [6.07, 6.45) is 4.06. The monoisotopic (exact) mass is 265 g/mol. The molecule has 1 heterocycles. The molecular formula is C17H19N3. The zero-order valence-corrected chi connectivity index (χ0v) is 11.6. The summed E-state index contributed by atoms with van der Waals surface area (Å²) in [6, 6.07) is 17.4. The number of benzene rings is 2. The molecule has 1 aromatic heterocycles. The SMILES string of the molecule is CC(CCc1ccccc1)Nc1ccc2cn[nH]c2c1. The molecule has 3 nitrogen and oxygen atoms in total. The van der Waals surface area contributed by atoms with E-state index in [9.17, 15) is 0 Å². The lowest BCUT2D eigenvalue weighted by molar-refractivity contribution is 0.706. The van der Waals surface area contributed by atoms with E-state index in [4.69, 9.17) is 0 Å². The van der Waals surface area contributed by atoms with Crippen molar-refractivity contribution in [1.82, 2.24) is 10.2 Å². The zero-order chi connectivity index (χ0) is 13.8. The number of nitrogens with zero attached hydrogens (tertiary/aromatic N) is 1. The average Bonchev–Trinajstić information content (AvgIpc) is 2.94. The summed E-state index contributed by atoms with van der Waals surface area (Å²) in [5.41, 5.74) is 3.61. The first-order valence-corrected chi connectivity index (χ1v) is 7.05. The van der Waals surface area contributed by atoms with Gasteiger partial charge in [0.1, 0.15) is 0 Å². The third kappa shape index (κ3) is 2.99. The van der Waals surface area contributed by atoms with Gasteiger partial charge in [-0.2, -0.15) is 5.10 Å². The lowest BCUT2D eigenvalue weighted by atomic mass is 10.1. The number of fused-ring (bicyclic) bond motifs is 1. The number of nitrogens with one attached hydrogen (secondary N) is 2. The molecule has 20 heavy (non-hydrogen) atoms. The largest absolute Gasteiger partial charge is 0.383 e. The molecule has 0 aliphatic rings. The Hall–Kier alpha value is -2.29. The zero-order valence-electron chi connectivity index (χ0n) is 11.6. The highest BCUT2D eigenvalue weighted by Gasteiger charge is 2.04. The molecule has 0 fully saturated rings. The van der Waals surface area contributed by atoms with Crippen molar-refractivity contribution >= 4 is 16.6 Å². The second kappa shape index (κ2) is 5.78. The van der Waals surface area contributed by atoms with Gasteiger partial charge in [-0.25, -0.2) is 0 Å². The van der Waals surface area contributed by atoms with Crippen LogP contribution >= 0.6 is 0 Å². The quantitative estimate of drug-likeness (QED) is 0.732. The predicted octanol–water partition coefficient (Wildman–Crippen LogP) is 4.00. The van der Waals surface area contributed by atoms with Crippen molar-refractivity contribution in [3.05, 3.63) is 60.3 Å². The van der Waals surface area contributed by atoms with Crippen LogP contribution in [-0.4, -0.2) is 16.2 Å². The highest BCUT2D eigenvalue weighted by molar-refractivity contribution is 5.81. The molecule has 102 valence electrons. The smallest absolute Gasteiger partial charge is 0.0670 e. The van der Waals surface area contributed by atoms with E-state index in [0.29, 0.717) is 6.04 Å². The summed E-state index contributed by atoms with van der Waals surface area (Å²) in [5, 5.41) is 11.7. The molecule has 0 spiro atoms. The fourth-order valence-corrected chi connectivity index (χ4v) is 2.41. The maximum absolute atomic E-state index is 4.04. The minimum absolute atomic E-state index is 0.440. The van der Waals surface area contributed by atoms with Crippen molar-refractivity contribution in [2.45, 2.75) is 25.8 Å². The van der Waals surface area contributed by atoms with Gasteiger partial charge in [-0.1, -0.05) is 30.3 Å². The molecule has 0 saturated heterocycles. The van der Waals surface area contributed by atoms with Crippen molar-refractivity contribution in [1.29, 1.82) is 0 Å². The number of hydrogen-bond donors (Lipinski definition) is 2. The minimum Gasteiger partial charge on any atom is -0.383 e. The fraction of sp³-hybridized carbons (Fsp3) is 0.235. The van der Waals surface area contributed by atoms with Gasteiger partial charge in [-0.05, 0) is 43.5 Å². The fourth-order valence-electron chi connectivity index (χ4n) is 2.41. The van der Waals surface area contributed by atoms with E-state index in [-0.39, 0.29) is 0 Å². The van der Waals surface area contributed by atoms with Crippen LogP contribution in [0.1, 0.15) is 18.9 Å². The first kappa shape index (κ1) is 12.7. The van der Waals surface area contributed by atoms with Gasteiger partial charge >= 0.3 is 0 Å². The lowest BCUT2D eigenvalue weighted by Gasteiger charge is -2.15. The van der Waals surface area contributed by atoms with Gasteiger partial charge in [-0.3, -0.25) is 5.10 Å². The van der Waals surface area contributed by atoms with Gasteiger partial charge in [0, 0.05) is 17.1 Å². The van der Waals surface area contributed by atoms with Crippen molar-refractivity contribution in [2.75, 3.05) is 5.32 Å². The molecule has 1 atom stereocenters. The highest BCUT2D eigenvalue weighted by Crippen LogP contribution is 2.18. The Balaban J connectivity index is 1.59. The molecule has 0 aliphatic carbocycles. The third-order valence-corrected chi connectivity index (χ3v) is 3.56. The second-order valence-corrected chi connectivity index (χ2v) is 5.24. The van der Waals surface area contributed by atoms with Crippen molar-refractivity contribution < 1.29 is 0 Å². The summed E-state index contributed by atoms with van der Waals surface area (Å²) >= 11 is 0. The number of hydrogen-bond acceptors (Lipinski definition) is 2. The van der Waals surface area contributed by atoms with Crippen LogP contribution in [0.4, 0.5) is 5.69 Å². The molecule has 3 aromatic rings. The first-order valence-electron chi connectivity index (χ1n) is 7.05. The van der Waals surface area contributed by atoms with E-state index in [2.05, 4.69) is 71.0 Å². The van der Waals surface area contributed by atoms with E-state index in [0.717, 1.165) is 29.4 Å². The number of aromatic amines is 1. The van der Waals surface area contributed by atoms with Gasteiger partial charge in [0.15, 0.2) is 0 Å². The molecule has 0 radical (unpaired) electrons. The summed E-state index contributed by atoms with van der Waals surface area (Å²) in [5.74, 6) is 0. The van der Waals surface area contributed by atoms with Crippen LogP contribution in [0.3, 0.4) is 0 Å². The molecule has 0 aliphatic heterocycles. The van der Waals surface area contributed by atoms with E-state index >= 15 is 0 Å². The number of aryl methyl sites for hydroxylation is 1. The molecular weight excluding hydrogens is 246 g/mol. The van der Waals surface area contributed by atoms with Crippen LogP contribution in [-0.2, 0) is 6.42 Å². The Morgan fingerprint density at radius 2 is 2.00 bits per heavy atom.